The van der Waals surface area contributed by atoms with Crippen molar-refractivity contribution in [1.82, 2.24) is 15.0 Å². The molecule has 6 heteroatoms. The Hall–Kier alpha value is -2.05. The number of benzene rings is 2. The highest BCUT2D eigenvalue weighted by molar-refractivity contribution is 9.10. The number of aromatic nitrogens is 3. The Bertz CT molecular complexity index is 740. The van der Waals surface area contributed by atoms with E-state index < -0.39 is 6.10 Å². The van der Waals surface area contributed by atoms with Gasteiger partial charge in [0.05, 0.1) is 11.9 Å². The Balaban J connectivity index is 1.87. The summed E-state index contributed by atoms with van der Waals surface area (Å²) in [5.41, 5.74) is 1.84. The van der Waals surface area contributed by atoms with E-state index in [1.54, 1.807) is 18.3 Å². The number of hydrogen-bond acceptors (Lipinski definition) is 3. The molecule has 21 heavy (non-hydrogen) atoms. The molecule has 0 spiro atoms. The van der Waals surface area contributed by atoms with E-state index in [0.29, 0.717) is 11.4 Å². The second kappa shape index (κ2) is 5.75. The molecule has 1 aromatic heterocycles. The van der Waals surface area contributed by atoms with Crippen molar-refractivity contribution in [3.63, 3.8) is 0 Å². The van der Waals surface area contributed by atoms with Gasteiger partial charge in [0.15, 0.2) is 0 Å². The zero-order valence-corrected chi connectivity index (χ0v) is 12.4. The van der Waals surface area contributed by atoms with Gasteiger partial charge in [-0.2, -0.15) is 0 Å². The molecule has 1 unspecified atom stereocenters. The summed E-state index contributed by atoms with van der Waals surface area (Å²) >= 11 is 3.35. The van der Waals surface area contributed by atoms with E-state index in [0.717, 1.165) is 10.0 Å². The Morgan fingerprint density at radius 1 is 1.05 bits per heavy atom. The topological polar surface area (TPSA) is 50.9 Å². The van der Waals surface area contributed by atoms with Crippen molar-refractivity contribution < 1.29 is 9.50 Å². The zero-order chi connectivity index (χ0) is 14.8. The summed E-state index contributed by atoms with van der Waals surface area (Å²) in [7, 11) is 0. The molecule has 1 N–H and O–H groups in total. The highest BCUT2D eigenvalue weighted by Gasteiger charge is 2.15. The van der Waals surface area contributed by atoms with Crippen LogP contribution in [-0.4, -0.2) is 20.1 Å². The van der Waals surface area contributed by atoms with Gasteiger partial charge in [-0.15, -0.1) is 5.10 Å². The second-order valence-electron chi connectivity index (χ2n) is 4.52. The highest BCUT2D eigenvalue weighted by atomic mass is 79.9. The SMILES string of the molecule is OC(c1ccc(Br)cc1)c1cn(-c2ccc(F)cc2)nn1. The monoisotopic (exact) mass is 347 g/mol. The fourth-order valence-corrected chi connectivity index (χ4v) is 2.20. The van der Waals surface area contributed by atoms with Gasteiger partial charge < -0.3 is 5.11 Å². The Morgan fingerprint density at radius 2 is 1.71 bits per heavy atom. The molecule has 0 aliphatic heterocycles. The van der Waals surface area contributed by atoms with Gasteiger partial charge in [0.1, 0.15) is 17.6 Å². The predicted octanol–water partition coefficient (Wildman–Crippen LogP) is 3.25. The van der Waals surface area contributed by atoms with Crippen LogP contribution in [0, 0.1) is 5.82 Å². The molecule has 0 aliphatic carbocycles. The molecule has 1 heterocycles. The third-order valence-corrected chi connectivity index (χ3v) is 3.60. The minimum absolute atomic E-state index is 0.311. The van der Waals surface area contributed by atoms with Gasteiger partial charge in [-0.05, 0) is 42.0 Å². The van der Waals surface area contributed by atoms with E-state index in [-0.39, 0.29) is 5.82 Å². The van der Waals surface area contributed by atoms with Gasteiger partial charge in [0.2, 0.25) is 0 Å². The summed E-state index contributed by atoms with van der Waals surface area (Å²) in [6.45, 7) is 0. The number of halogens is 2. The van der Waals surface area contributed by atoms with Crippen LogP contribution in [0.5, 0.6) is 0 Å². The highest BCUT2D eigenvalue weighted by Crippen LogP contribution is 2.22. The molecule has 0 radical (unpaired) electrons. The van der Waals surface area contributed by atoms with Gasteiger partial charge in [-0.1, -0.05) is 33.3 Å². The Labute approximate surface area is 129 Å². The van der Waals surface area contributed by atoms with Crippen LogP contribution in [0.25, 0.3) is 5.69 Å². The largest absolute Gasteiger partial charge is 0.382 e. The van der Waals surface area contributed by atoms with Crippen LogP contribution >= 0.6 is 15.9 Å². The van der Waals surface area contributed by atoms with Crippen molar-refractivity contribution in [2.24, 2.45) is 0 Å². The Morgan fingerprint density at radius 3 is 2.38 bits per heavy atom. The summed E-state index contributed by atoms with van der Waals surface area (Å²) in [4.78, 5) is 0. The number of hydrogen-bond donors (Lipinski definition) is 1. The van der Waals surface area contributed by atoms with E-state index in [1.165, 1.54) is 16.8 Å². The van der Waals surface area contributed by atoms with E-state index in [9.17, 15) is 9.50 Å². The summed E-state index contributed by atoms with van der Waals surface area (Å²) in [6, 6.07) is 13.2. The van der Waals surface area contributed by atoms with Crippen molar-refractivity contribution in [2.75, 3.05) is 0 Å². The molecule has 0 aliphatic rings. The maximum absolute atomic E-state index is 12.9. The fraction of sp³-hybridized carbons (Fsp3) is 0.0667. The number of rotatable bonds is 3. The lowest BCUT2D eigenvalue weighted by molar-refractivity contribution is 0.215. The number of aliphatic hydroxyl groups excluding tert-OH is 1. The predicted molar refractivity (Wildman–Crippen MR) is 79.5 cm³/mol. The van der Waals surface area contributed by atoms with Crippen LogP contribution in [0.2, 0.25) is 0 Å². The van der Waals surface area contributed by atoms with Gasteiger partial charge in [-0.3, -0.25) is 0 Å². The quantitative estimate of drug-likeness (QED) is 0.791. The fourth-order valence-electron chi connectivity index (χ4n) is 1.94. The first-order valence-corrected chi connectivity index (χ1v) is 7.04. The normalized spacial score (nSPS) is 12.3. The van der Waals surface area contributed by atoms with Crippen molar-refractivity contribution in [1.29, 1.82) is 0 Å². The maximum atomic E-state index is 12.9. The third kappa shape index (κ3) is 3.01. The van der Waals surface area contributed by atoms with Crippen LogP contribution in [-0.2, 0) is 0 Å². The van der Waals surface area contributed by atoms with Crippen molar-refractivity contribution in [2.45, 2.75) is 6.10 Å². The standard InChI is InChI=1S/C15H11BrFN3O/c16-11-3-1-10(2-4-11)15(21)14-9-20(19-18-14)13-7-5-12(17)6-8-13/h1-9,15,21H. The Kier molecular flexibility index (Phi) is 3.81. The second-order valence-corrected chi connectivity index (χ2v) is 5.43. The summed E-state index contributed by atoms with van der Waals surface area (Å²) in [5.74, 6) is -0.311. The van der Waals surface area contributed by atoms with Crippen LogP contribution < -0.4 is 0 Å². The van der Waals surface area contributed by atoms with Crippen molar-refractivity contribution in [3.8, 4) is 5.69 Å². The summed E-state index contributed by atoms with van der Waals surface area (Å²) in [5, 5.41) is 18.2. The molecule has 2 aromatic carbocycles. The molecule has 0 amide bonds. The van der Waals surface area contributed by atoms with Gasteiger partial charge in [0, 0.05) is 4.47 Å². The summed E-state index contributed by atoms with van der Waals surface area (Å²) in [6.07, 6.45) is 0.771. The lowest BCUT2D eigenvalue weighted by Gasteiger charge is -2.07. The first-order chi connectivity index (χ1) is 10.1. The van der Waals surface area contributed by atoms with Gasteiger partial charge in [0.25, 0.3) is 0 Å². The molecule has 0 fully saturated rings. The van der Waals surface area contributed by atoms with E-state index in [1.807, 2.05) is 24.3 Å². The molecule has 1 atom stereocenters. The van der Waals surface area contributed by atoms with E-state index >= 15 is 0 Å². The number of aliphatic hydroxyl groups is 1. The molecule has 4 nitrogen and oxygen atoms in total. The summed E-state index contributed by atoms with van der Waals surface area (Å²) < 4.78 is 15.3. The zero-order valence-electron chi connectivity index (χ0n) is 10.8. The molecule has 0 saturated carbocycles. The molecule has 3 aromatic rings. The first kappa shape index (κ1) is 13.9. The minimum Gasteiger partial charge on any atom is -0.382 e. The lowest BCUT2D eigenvalue weighted by atomic mass is 10.1. The average Bonchev–Trinajstić information content (AvgIpc) is 2.98. The van der Waals surface area contributed by atoms with Crippen LogP contribution in [0.3, 0.4) is 0 Å². The van der Waals surface area contributed by atoms with Gasteiger partial charge >= 0.3 is 0 Å². The molecular weight excluding hydrogens is 337 g/mol. The average molecular weight is 348 g/mol. The van der Waals surface area contributed by atoms with E-state index in [2.05, 4.69) is 26.2 Å². The lowest BCUT2D eigenvalue weighted by Crippen LogP contribution is -1.99. The van der Waals surface area contributed by atoms with Crippen molar-refractivity contribution in [3.05, 3.63) is 76.3 Å². The molecule has 0 saturated heterocycles. The third-order valence-electron chi connectivity index (χ3n) is 3.07. The molecular formula is C15H11BrFN3O. The molecule has 0 bridgehead atoms. The molecule has 106 valence electrons. The van der Waals surface area contributed by atoms with Crippen LogP contribution in [0.4, 0.5) is 4.39 Å². The van der Waals surface area contributed by atoms with E-state index in [4.69, 9.17) is 0 Å². The first-order valence-electron chi connectivity index (χ1n) is 6.25. The van der Waals surface area contributed by atoms with Crippen LogP contribution in [0.15, 0.2) is 59.2 Å². The number of nitrogens with zero attached hydrogens (tertiary/aromatic N) is 3. The van der Waals surface area contributed by atoms with Crippen LogP contribution in [0.1, 0.15) is 17.4 Å². The van der Waals surface area contributed by atoms with Gasteiger partial charge in [-0.25, -0.2) is 9.07 Å². The maximum Gasteiger partial charge on any atom is 0.124 e. The minimum atomic E-state index is -0.854. The van der Waals surface area contributed by atoms with Crippen molar-refractivity contribution >= 4 is 15.9 Å². The molecule has 3 rings (SSSR count). The smallest absolute Gasteiger partial charge is 0.124 e.